The predicted octanol–water partition coefficient (Wildman–Crippen LogP) is 1.87. The summed E-state index contributed by atoms with van der Waals surface area (Å²) >= 11 is 0. The van der Waals surface area contributed by atoms with Gasteiger partial charge in [0.05, 0.1) is 10.9 Å². The van der Waals surface area contributed by atoms with Crippen LogP contribution in [0.3, 0.4) is 0 Å². The predicted molar refractivity (Wildman–Crippen MR) is 61.5 cm³/mol. The SMILES string of the molecule is Cn1ccc2c3c(ccc21)C=CS(=O)(=O)O3. The van der Waals surface area contributed by atoms with Crippen molar-refractivity contribution in [2.45, 2.75) is 0 Å². The van der Waals surface area contributed by atoms with Gasteiger partial charge in [0.2, 0.25) is 0 Å². The summed E-state index contributed by atoms with van der Waals surface area (Å²) in [6, 6.07) is 5.64. The Morgan fingerprint density at radius 1 is 1.25 bits per heavy atom. The maximum absolute atomic E-state index is 11.3. The molecule has 82 valence electrons. The summed E-state index contributed by atoms with van der Waals surface area (Å²) in [5.41, 5.74) is 1.73. The van der Waals surface area contributed by atoms with Crippen molar-refractivity contribution in [2.24, 2.45) is 7.05 Å². The van der Waals surface area contributed by atoms with Crippen molar-refractivity contribution >= 4 is 27.1 Å². The number of nitrogens with zero attached hydrogens (tertiary/aromatic N) is 1. The number of fused-ring (bicyclic) bond motifs is 3. The van der Waals surface area contributed by atoms with Gasteiger partial charge in [-0.3, -0.25) is 0 Å². The van der Waals surface area contributed by atoms with Crippen LogP contribution in [0.4, 0.5) is 0 Å². The average molecular weight is 235 g/mol. The number of rotatable bonds is 0. The van der Waals surface area contributed by atoms with Crippen LogP contribution in [0.25, 0.3) is 17.0 Å². The fourth-order valence-corrected chi connectivity index (χ4v) is 2.65. The van der Waals surface area contributed by atoms with E-state index in [2.05, 4.69) is 0 Å². The highest BCUT2D eigenvalue weighted by Crippen LogP contribution is 2.35. The highest BCUT2D eigenvalue weighted by atomic mass is 32.2. The lowest BCUT2D eigenvalue weighted by Crippen LogP contribution is -2.09. The fraction of sp³-hybridized carbons (Fsp3) is 0.0909. The van der Waals surface area contributed by atoms with Crippen LogP contribution >= 0.6 is 0 Å². The monoisotopic (exact) mass is 235 g/mol. The lowest BCUT2D eigenvalue weighted by molar-refractivity contribution is 0.497. The van der Waals surface area contributed by atoms with Crippen molar-refractivity contribution in [3.63, 3.8) is 0 Å². The normalized spacial score (nSPS) is 17.1. The van der Waals surface area contributed by atoms with Crippen LogP contribution in [0.1, 0.15) is 5.56 Å². The molecule has 0 fully saturated rings. The molecule has 1 aromatic carbocycles. The number of aromatic nitrogens is 1. The van der Waals surface area contributed by atoms with Gasteiger partial charge in [0.25, 0.3) is 0 Å². The molecule has 2 heterocycles. The standard InChI is InChI=1S/C11H9NO3S/c1-12-6-4-9-10(12)3-2-8-5-7-16(13,14)15-11(8)9/h2-7H,1H3. The molecule has 0 saturated heterocycles. The van der Waals surface area contributed by atoms with Crippen LogP contribution in [0.15, 0.2) is 29.8 Å². The summed E-state index contributed by atoms with van der Waals surface area (Å²) in [6.45, 7) is 0. The Balaban J connectivity index is 2.40. The number of hydrogen-bond acceptors (Lipinski definition) is 3. The summed E-state index contributed by atoms with van der Waals surface area (Å²) in [6.07, 6.45) is 3.43. The smallest absolute Gasteiger partial charge is 0.332 e. The molecule has 0 amide bonds. The Kier molecular flexibility index (Phi) is 1.71. The Labute approximate surface area is 92.9 Å². The van der Waals surface area contributed by atoms with Crippen molar-refractivity contribution in [1.29, 1.82) is 0 Å². The highest BCUT2D eigenvalue weighted by molar-refractivity contribution is 7.90. The van der Waals surface area contributed by atoms with Crippen molar-refractivity contribution in [1.82, 2.24) is 4.57 Å². The molecule has 0 radical (unpaired) electrons. The third kappa shape index (κ3) is 1.25. The molecule has 1 aliphatic heterocycles. The lowest BCUT2D eigenvalue weighted by atomic mass is 10.1. The molecule has 0 bridgehead atoms. The van der Waals surface area contributed by atoms with Gasteiger partial charge in [-0.25, -0.2) is 0 Å². The van der Waals surface area contributed by atoms with E-state index in [4.69, 9.17) is 4.18 Å². The first kappa shape index (κ1) is 9.47. The minimum Gasteiger partial charge on any atom is -0.378 e. The zero-order valence-electron chi connectivity index (χ0n) is 8.54. The van der Waals surface area contributed by atoms with E-state index in [0.717, 1.165) is 21.9 Å². The van der Waals surface area contributed by atoms with E-state index in [1.807, 2.05) is 36.0 Å². The first-order valence-corrected chi connectivity index (χ1v) is 6.24. The molecular weight excluding hydrogens is 226 g/mol. The summed E-state index contributed by atoms with van der Waals surface area (Å²) in [7, 11) is -1.66. The van der Waals surface area contributed by atoms with Crippen molar-refractivity contribution in [3.8, 4) is 5.75 Å². The quantitative estimate of drug-likeness (QED) is 0.655. The summed E-state index contributed by atoms with van der Waals surface area (Å²) in [5.74, 6) is 0.417. The maximum atomic E-state index is 11.3. The van der Waals surface area contributed by atoms with E-state index in [-0.39, 0.29) is 0 Å². The second-order valence-corrected chi connectivity index (χ2v) is 5.15. The van der Waals surface area contributed by atoms with Crippen LogP contribution in [-0.2, 0) is 17.2 Å². The van der Waals surface area contributed by atoms with E-state index in [9.17, 15) is 8.42 Å². The van der Waals surface area contributed by atoms with Crippen LogP contribution in [0.2, 0.25) is 0 Å². The van der Waals surface area contributed by atoms with E-state index in [1.54, 1.807) is 6.08 Å². The van der Waals surface area contributed by atoms with Crippen LogP contribution in [-0.4, -0.2) is 13.0 Å². The van der Waals surface area contributed by atoms with Crippen molar-refractivity contribution in [3.05, 3.63) is 35.4 Å². The van der Waals surface area contributed by atoms with Crippen LogP contribution in [0.5, 0.6) is 5.75 Å². The van der Waals surface area contributed by atoms with Gasteiger partial charge in [-0.05, 0) is 24.3 Å². The Hall–Kier alpha value is -1.75. The number of hydrogen-bond donors (Lipinski definition) is 0. The zero-order chi connectivity index (χ0) is 11.3. The minimum absolute atomic E-state index is 0.417. The Morgan fingerprint density at radius 3 is 2.88 bits per heavy atom. The molecule has 1 aliphatic rings. The van der Waals surface area contributed by atoms with E-state index in [0.29, 0.717) is 5.75 Å². The van der Waals surface area contributed by atoms with E-state index >= 15 is 0 Å². The molecule has 16 heavy (non-hydrogen) atoms. The molecule has 0 unspecified atom stereocenters. The second-order valence-electron chi connectivity index (χ2n) is 3.72. The lowest BCUT2D eigenvalue weighted by Gasteiger charge is -2.13. The molecule has 0 spiro atoms. The molecule has 0 atom stereocenters. The molecule has 0 aliphatic carbocycles. The molecular formula is C11H9NO3S. The first-order chi connectivity index (χ1) is 7.57. The molecule has 2 aromatic rings. The third-order valence-corrected chi connectivity index (χ3v) is 3.53. The number of aryl methyl sites for hydroxylation is 1. The topological polar surface area (TPSA) is 48.3 Å². The van der Waals surface area contributed by atoms with Gasteiger partial charge in [0.15, 0.2) is 5.75 Å². The Morgan fingerprint density at radius 2 is 2.06 bits per heavy atom. The fourth-order valence-electron chi connectivity index (χ4n) is 1.87. The Bertz CT molecular complexity index is 710. The third-order valence-electron chi connectivity index (χ3n) is 2.66. The summed E-state index contributed by atoms with van der Waals surface area (Å²) in [5, 5.41) is 1.89. The average Bonchev–Trinajstić information content (AvgIpc) is 2.60. The molecule has 4 nitrogen and oxygen atoms in total. The minimum atomic E-state index is -3.57. The van der Waals surface area contributed by atoms with Gasteiger partial charge in [0.1, 0.15) is 0 Å². The second kappa shape index (κ2) is 2.89. The van der Waals surface area contributed by atoms with Crippen LogP contribution in [0, 0.1) is 0 Å². The van der Waals surface area contributed by atoms with Crippen LogP contribution < -0.4 is 4.18 Å². The zero-order valence-corrected chi connectivity index (χ0v) is 9.36. The molecule has 0 N–H and O–H groups in total. The first-order valence-electron chi connectivity index (χ1n) is 4.77. The van der Waals surface area contributed by atoms with Crippen molar-refractivity contribution < 1.29 is 12.6 Å². The van der Waals surface area contributed by atoms with Gasteiger partial charge < -0.3 is 8.75 Å². The maximum Gasteiger partial charge on any atom is 0.332 e. The summed E-state index contributed by atoms with van der Waals surface area (Å²) < 4.78 is 29.6. The molecule has 3 rings (SSSR count). The van der Waals surface area contributed by atoms with Gasteiger partial charge in [-0.15, -0.1) is 0 Å². The van der Waals surface area contributed by atoms with E-state index in [1.165, 1.54) is 0 Å². The highest BCUT2D eigenvalue weighted by Gasteiger charge is 2.20. The van der Waals surface area contributed by atoms with Gasteiger partial charge in [0, 0.05) is 24.2 Å². The molecule has 1 aromatic heterocycles. The largest absolute Gasteiger partial charge is 0.378 e. The summed E-state index contributed by atoms with van der Waals surface area (Å²) in [4.78, 5) is 0. The van der Waals surface area contributed by atoms with Gasteiger partial charge in [-0.2, -0.15) is 8.42 Å². The van der Waals surface area contributed by atoms with Gasteiger partial charge in [-0.1, -0.05) is 0 Å². The van der Waals surface area contributed by atoms with E-state index < -0.39 is 10.1 Å². The van der Waals surface area contributed by atoms with Crippen molar-refractivity contribution in [2.75, 3.05) is 0 Å². The van der Waals surface area contributed by atoms with Gasteiger partial charge >= 0.3 is 10.1 Å². The molecule has 0 saturated carbocycles. The number of benzene rings is 1. The molecule has 5 heteroatoms.